The van der Waals surface area contributed by atoms with Crippen molar-refractivity contribution in [3.05, 3.63) is 63.1 Å². The van der Waals surface area contributed by atoms with Crippen LogP contribution in [-0.4, -0.2) is 31.8 Å². The number of carbonyl (C=O) groups is 1. The lowest BCUT2D eigenvalue weighted by Gasteiger charge is -2.03. The molecule has 3 rings (SSSR count). The summed E-state index contributed by atoms with van der Waals surface area (Å²) in [6, 6.07) is 13.3. The van der Waals surface area contributed by atoms with Gasteiger partial charge in [-0.05, 0) is 24.3 Å². The number of nitro benzene ring substituents is 1. The van der Waals surface area contributed by atoms with Crippen LogP contribution in [0.1, 0.15) is 0 Å². The number of nitrogens with zero attached hydrogens (tertiary/aromatic N) is 3. The fourth-order valence-corrected chi connectivity index (χ4v) is 2.93. The third-order valence-electron chi connectivity index (χ3n) is 3.26. The normalized spacial score (nSPS) is 10.5. The van der Waals surface area contributed by atoms with Crippen molar-refractivity contribution in [2.24, 2.45) is 0 Å². The highest BCUT2D eigenvalue weighted by molar-refractivity contribution is 9.10. The molecule has 26 heavy (non-hydrogen) atoms. The molecule has 1 heterocycles. The number of H-pyrrole nitrogens is 1. The van der Waals surface area contributed by atoms with Crippen molar-refractivity contribution in [3.8, 4) is 11.4 Å². The molecule has 0 fully saturated rings. The summed E-state index contributed by atoms with van der Waals surface area (Å²) >= 11 is 4.50. The molecule has 0 bridgehead atoms. The molecule has 0 spiro atoms. The molecule has 2 N–H and O–H groups in total. The Balaban J connectivity index is 1.60. The van der Waals surface area contributed by atoms with E-state index >= 15 is 0 Å². The molecular formula is C16H12BrN5O3S. The van der Waals surface area contributed by atoms with E-state index < -0.39 is 4.92 Å². The standard InChI is InChI=1S/C16H12BrN5O3S/c17-11-4-6-12(7-5-11)18-14(23)9-26-16-19-15(20-21-16)10-2-1-3-13(8-10)22(24)25/h1-8H,9H2,(H,18,23)(H,19,20,21). The quantitative estimate of drug-likeness (QED) is 0.346. The zero-order chi connectivity index (χ0) is 18.5. The van der Waals surface area contributed by atoms with Gasteiger partial charge in [-0.2, -0.15) is 0 Å². The minimum absolute atomic E-state index is 0.0259. The maximum atomic E-state index is 12.0. The Labute approximate surface area is 160 Å². The van der Waals surface area contributed by atoms with Crippen molar-refractivity contribution >= 4 is 45.0 Å². The highest BCUT2D eigenvalue weighted by Gasteiger charge is 2.12. The van der Waals surface area contributed by atoms with Crippen LogP contribution in [0.3, 0.4) is 0 Å². The number of nitro groups is 1. The first-order chi connectivity index (χ1) is 12.5. The van der Waals surface area contributed by atoms with Gasteiger partial charge >= 0.3 is 0 Å². The average molecular weight is 434 g/mol. The predicted molar refractivity (Wildman–Crippen MR) is 102 cm³/mol. The minimum Gasteiger partial charge on any atom is -0.325 e. The number of rotatable bonds is 6. The molecule has 132 valence electrons. The minimum atomic E-state index is -0.470. The number of non-ortho nitro benzene ring substituents is 1. The Kier molecular flexibility index (Phi) is 5.64. The second kappa shape index (κ2) is 8.11. The van der Waals surface area contributed by atoms with E-state index in [0.29, 0.717) is 22.2 Å². The van der Waals surface area contributed by atoms with E-state index in [1.807, 2.05) is 12.1 Å². The van der Waals surface area contributed by atoms with E-state index in [9.17, 15) is 14.9 Å². The van der Waals surface area contributed by atoms with Gasteiger partial charge in [-0.3, -0.25) is 20.0 Å². The Hall–Kier alpha value is -2.72. The zero-order valence-corrected chi connectivity index (χ0v) is 15.6. The average Bonchev–Trinajstić information content (AvgIpc) is 3.11. The SMILES string of the molecule is O=C(CSc1n[nH]c(-c2cccc([N+](=O)[O-])c2)n1)Nc1ccc(Br)cc1. The van der Waals surface area contributed by atoms with Crippen LogP contribution in [-0.2, 0) is 4.79 Å². The predicted octanol–water partition coefficient (Wildman–Crippen LogP) is 3.87. The number of thioether (sulfide) groups is 1. The number of carbonyl (C=O) groups excluding carboxylic acids is 1. The number of aromatic nitrogens is 3. The second-order valence-corrected chi connectivity index (χ2v) is 6.98. The van der Waals surface area contributed by atoms with Gasteiger partial charge in [-0.15, -0.1) is 5.10 Å². The van der Waals surface area contributed by atoms with Crippen LogP contribution in [0.15, 0.2) is 58.2 Å². The summed E-state index contributed by atoms with van der Waals surface area (Å²) in [5.74, 6) is 0.367. The second-order valence-electron chi connectivity index (χ2n) is 5.12. The van der Waals surface area contributed by atoms with Gasteiger partial charge in [0.2, 0.25) is 11.1 Å². The molecule has 0 aliphatic heterocycles. The van der Waals surface area contributed by atoms with Gasteiger partial charge < -0.3 is 5.32 Å². The Morgan fingerprint density at radius 3 is 2.77 bits per heavy atom. The van der Waals surface area contributed by atoms with E-state index in [-0.39, 0.29) is 17.3 Å². The van der Waals surface area contributed by atoms with Gasteiger partial charge in [0.25, 0.3) is 5.69 Å². The number of halogens is 1. The van der Waals surface area contributed by atoms with Crippen molar-refractivity contribution < 1.29 is 9.72 Å². The van der Waals surface area contributed by atoms with Crippen molar-refractivity contribution in [1.29, 1.82) is 0 Å². The number of nitrogens with one attached hydrogen (secondary N) is 2. The molecule has 0 radical (unpaired) electrons. The molecule has 10 heteroatoms. The molecule has 0 aliphatic carbocycles. The number of aromatic amines is 1. The van der Waals surface area contributed by atoms with Crippen LogP contribution >= 0.6 is 27.7 Å². The van der Waals surface area contributed by atoms with Crippen LogP contribution in [0.5, 0.6) is 0 Å². The van der Waals surface area contributed by atoms with Crippen molar-refractivity contribution in [1.82, 2.24) is 15.2 Å². The maximum Gasteiger partial charge on any atom is 0.270 e. The highest BCUT2D eigenvalue weighted by atomic mass is 79.9. The molecule has 1 amide bonds. The van der Waals surface area contributed by atoms with E-state index in [4.69, 9.17) is 0 Å². The summed E-state index contributed by atoms with van der Waals surface area (Å²) < 4.78 is 0.930. The van der Waals surface area contributed by atoms with Gasteiger partial charge in [0.1, 0.15) is 0 Å². The Morgan fingerprint density at radius 2 is 2.04 bits per heavy atom. The number of hydrogen-bond acceptors (Lipinski definition) is 6. The van der Waals surface area contributed by atoms with Crippen LogP contribution in [0, 0.1) is 10.1 Å². The monoisotopic (exact) mass is 433 g/mol. The van der Waals surface area contributed by atoms with Gasteiger partial charge in [-0.25, -0.2) is 4.98 Å². The lowest BCUT2D eigenvalue weighted by molar-refractivity contribution is -0.384. The topological polar surface area (TPSA) is 114 Å². The zero-order valence-electron chi connectivity index (χ0n) is 13.2. The first-order valence-corrected chi connectivity index (χ1v) is 9.14. The van der Waals surface area contributed by atoms with Crippen molar-refractivity contribution in [2.45, 2.75) is 5.16 Å². The first kappa shape index (κ1) is 18.1. The number of anilines is 1. The molecule has 0 atom stereocenters. The van der Waals surface area contributed by atoms with Crippen molar-refractivity contribution in [3.63, 3.8) is 0 Å². The molecule has 1 aromatic heterocycles. The molecule has 0 aliphatic rings. The molecule has 8 nitrogen and oxygen atoms in total. The van der Waals surface area contributed by atoms with Crippen molar-refractivity contribution in [2.75, 3.05) is 11.1 Å². The summed E-state index contributed by atoms with van der Waals surface area (Å²) in [6.07, 6.45) is 0. The molecule has 0 saturated heterocycles. The molecule has 3 aromatic rings. The molecule has 2 aromatic carbocycles. The smallest absolute Gasteiger partial charge is 0.270 e. The molecule has 0 unspecified atom stereocenters. The number of amides is 1. The summed E-state index contributed by atoms with van der Waals surface area (Å²) in [4.78, 5) is 26.6. The van der Waals surface area contributed by atoms with Gasteiger partial charge in [0.15, 0.2) is 5.82 Å². The summed E-state index contributed by atoms with van der Waals surface area (Å²) in [7, 11) is 0. The summed E-state index contributed by atoms with van der Waals surface area (Å²) in [6.45, 7) is 0. The van der Waals surface area contributed by atoms with E-state index in [0.717, 1.165) is 4.47 Å². The third-order valence-corrected chi connectivity index (χ3v) is 4.63. The summed E-state index contributed by atoms with van der Waals surface area (Å²) in [5, 5.41) is 20.8. The third kappa shape index (κ3) is 4.67. The fourth-order valence-electron chi connectivity index (χ4n) is 2.07. The van der Waals surface area contributed by atoms with Gasteiger partial charge in [0, 0.05) is 27.9 Å². The van der Waals surface area contributed by atoms with Gasteiger partial charge in [-0.1, -0.05) is 39.8 Å². The van der Waals surface area contributed by atoms with Crippen LogP contribution in [0.2, 0.25) is 0 Å². The largest absolute Gasteiger partial charge is 0.325 e. The lowest BCUT2D eigenvalue weighted by atomic mass is 10.2. The van der Waals surface area contributed by atoms with E-state index in [1.54, 1.807) is 24.3 Å². The Morgan fingerprint density at radius 1 is 1.27 bits per heavy atom. The number of benzene rings is 2. The van der Waals surface area contributed by atoms with Crippen LogP contribution in [0.25, 0.3) is 11.4 Å². The van der Waals surface area contributed by atoms with Crippen LogP contribution < -0.4 is 5.32 Å². The molecular weight excluding hydrogens is 422 g/mol. The van der Waals surface area contributed by atoms with Gasteiger partial charge in [0.05, 0.1) is 10.7 Å². The van der Waals surface area contributed by atoms with E-state index in [1.165, 1.54) is 23.9 Å². The fraction of sp³-hybridized carbons (Fsp3) is 0.0625. The summed E-state index contributed by atoms with van der Waals surface area (Å²) in [5.41, 5.74) is 1.23. The van der Waals surface area contributed by atoms with E-state index in [2.05, 4.69) is 36.4 Å². The molecule has 0 saturated carbocycles. The highest BCUT2D eigenvalue weighted by Crippen LogP contribution is 2.23. The maximum absolute atomic E-state index is 12.0. The first-order valence-electron chi connectivity index (χ1n) is 7.37. The lowest BCUT2D eigenvalue weighted by Crippen LogP contribution is -2.13. The number of hydrogen-bond donors (Lipinski definition) is 2. The van der Waals surface area contributed by atoms with Crippen LogP contribution in [0.4, 0.5) is 11.4 Å². The Bertz CT molecular complexity index is 945.